The van der Waals surface area contributed by atoms with E-state index in [1.807, 2.05) is 25.7 Å². The third-order valence-electron chi connectivity index (χ3n) is 9.94. The third-order valence-corrected chi connectivity index (χ3v) is 9.94. The number of amides is 1. The van der Waals surface area contributed by atoms with E-state index in [1.165, 1.54) is 0 Å². The molecule has 3 aromatic carbocycles. The van der Waals surface area contributed by atoms with Gasteiger partial charge in [-0.3, -0.25) is 4.90 Å². The lowest BCUT2D eigenvalue weighted by Crippen LogP contribution is -2.41. The average Bonchev–Trinajstić information content (AvgIpc) is 3.28. The molecule has 3 atom stereocenters. The standard InChI is InChI=1S/C34H38BN3O5/c1-32(2,3)41-31(39)38-26-14-19(26)15-27(38)30-36-25-11-8-18-13-24-22-10-9-21(35-42-33(4,5)34(6,7)43-35)12-20(22)17-40-28(24)16-23(18)29(25)37-30/h8-13,16,19,26-27H,14-15,17H2,1-7H3,(H,36,37)/t19-,26-,27?/m1/s1. The van der Waals surface area contributed by atoms with E-state index in [2.05, 4.69) is 75.1 Å². The number of H-pyrrole nitrogens is 1. The molecule has 8 nitrogen and oxygen atoms in total. The number of aromatic nitrogens is 2. The Kier molecular flexibility index (Phi) is 5.51. The zero-order chi connectivity index (χ0) is 30.1. The van der Waals surface area contributed by atoms with Crippen molar-refractivity contribution in [3.63, 3.8) is 0 Å². The summed E-state index contributed by atoms with van der Waals surface area (Å²) in [6, 6.07) is 15.1. The van der Waals surface area contributed by atoms with Crippen LogP contribution < -0.4 is 10.2 Å². The zero-order valence-corrected chi connectivity index (χ0v) is 25.9. The molecule has 1 aliphatic carbocycles. The van der Waals surface area contributed by atoms with E-state index < -0.39 is 12.7 Å². The number of fused-ring (bicyclic) bond motifs is 7. The van der Waals surface area contributed by atoms with Gasteiger partial charge in [0.05, 0.1) is 28.3 Å². The molecule has 0 radical (unpaired) electrons. The SMILES string of the molecule is CC(C)(C)OC(=O)N1C(c2nc3c(ccc4cc5c(cc43)OCc3cc(B4OC(C)(C)C(C)(C)O4)ccc3-5)[nH]2)C[C@H]2C[C@H]21. The number of nitrogens with zero attached hydrogens (tertiary/aromatic N) is 2. The molecule has 1 amide bonds. The van der Waals surface area contributed by atoms with Crippen LogP contribution in [0.15, 0.2) is 42.5 Å². The smallest absolute Gasteiger partial charge is 0.488 e. The van der Waals surface area contributed by atoms with Crippen LogP contribution in [0.4, 0.5) is 4.79 Å². The molecule has 2 saturated heterocycles. The van der Waals surface area contributed by atoms with E-state index in [0.29, 0.717) is 12.5 Å². The van der Waals surface area contributed by atoms with Crippen molar-refractivity contribution in [2.45, 2.75) is 96.8 Å². The minimum absolute atomic E-state index is 0.111. The number of hydrogen-bond donors (Lipinski definition) is 1. The van der Waals surface area contributed by atoms with Gasteiger partial charge in [0.15, 0.2) is 0 Å². The van der Waals surface area contributed by atoms with E-state index in [4.69, 9.17) is 23.8 Å². The minimum atomic E-state index is -0.538. The van der Waals surface area contributed by atoms with E-state index in [0.717, 1.165) is 68.4 Å². The number of hydrogen-bond acceptors (Lipinski definition) is 6. The fourth-order valence-electron chi connectivity index (χ4n) is 6.89. The van der Waals surface area contributed by atoms with Crippen molar-refractivity contribution in [1.29, 1.82) is 0 Å². The Morgan fingerprint density at radius 1 is 1.02 bits per heavy atom. The molecule has 222 valence electrons. The van der Waals surface area contributed by atoms with E-state index >= 15 is 0 Å². The number of carbonyl (C=O) groups is 1. The van der Waals surface area contributed by atoms with Gasteiger partial charge in [0.25, 0.3) is 0 Å². The summed E-state index contributed by atoms with van der Waals surface area (Å²) in [6.45, 7) is 14.5. The highest BCUT2D eigenvalue weighted by Crippen LogP contribution is 2.54. The highest BCUT2D eigenvalue weighted by atomic mass is 16.7. The lowest BCUT2D eigenvalue weighted by atomic mass is 9.77. The predicted molar refractivity (Wildman–Crippen MR) is 166 cm³/mol. The van der Waals surface area contributed by atoms with Crippen LogP contribution in [-0.4, -0.2) is 50.9 Å². The highest BCUT2D eigenvalue weighted by molar-refractivity contribution is 6.62. The summed E-state index contributed by atoms with van der Waals surface area (Å²) in [4.78, 5) is 23.7. The number of likely N-dealkylation sites (tertiary alicyclic amines) is 1. The number of benzene rings is 3. The van der Waals surface area contributed by atoms with Gasteiger partial charge in [0, 0.05) is 17.0 Å². The van der Waals surface area contributed by atoms with Gasteiger partial charge in [-0.05, 0) is 107 Å². The summed E-state index contributed by atoms with van der Waals surface area (Å²) in [5.41, 5.74) is 4.87. The van der Waals surface area contributed by atoms with Crippen LogP contribution in [0, 0.1) is 5.92 Å². The Balaban J connectivity index is 1.13. The fourth-order valence-corrected chi connectivity index (χ4v) is 6.89. The maximum absolute atomic E-state index is 13.2. The van der Waals surface area contributed by atoms with Gasteiger partial charge in [-0.25, -0.2) is 9.78 Å². The van der Waals surface area contributed by atoms with Gasteiger partial charge in [0.1, 0.15) is 23.8 Å². The number of rotatable bonds is 2. The summed E-state index contributed by atoms with van der Waals surface area (Å²) in [6.07, 6.45) is 1.70. The average molecular weight is 580 g/mol. The van der Waals surface area contributed by atoms with E-state index in [-0.39, 0.29) is 29.4 Å². The zero-order valence-electron chi connectivity index (χ0n) is 25.9. The van der Waals surface area contributed by atoms with Crippen molar-refractivity contribution >= 4 is 40.5 Å². The Morgan fingerprint density at radius 3 is 2.53 bits per heavy atom. The molecule has 4 aromatic rings. The highest BCUT2D eigenvalue weighted by Gasteiger charge is 2.56. The second-order valence-electron chi connectivity index (χ2n) is 14.6. The number of nitrogens with one attached hydrogen (secondary N) is 1. The number of carbonyl (C=O) groups excluding carboxylic acids is 1. The third kappa shape index (κ3) is 4.26. The molecular weight excluding hydrogens is 541 g/mol. The second-order valence-corrected chi connectivity index (χ2v) is 14.6. The van der Waals surface area contributed by atoms with E-state index in [1.54, 1.807) is 0 Å². The van der Waals surface area contributed by atoms with Crippen LogP contribution in [0.2, 0.25) is 0 Å². The fraction of sp³-hybridized carbons (Fsp3) is 0.471. The topological polar surface area (TPSA) is 85.9 Å². The molecule has 1 saturated carbocycles. The first-order chi connectivity index (χ1) is 20.3. The number of ether oxygens (including phenoxy) is 2. The Labute approximate surface area is 252 Å². The maximum Gasteiger partial charge on any atom is 0.494 e. The van der Waals surface area contributed by atoms with Crippen LogP contribution >= 0.6 is 0 Å². The maximum atomic E-state index is 13.2. The number of aromatic amines is 1. The van der Waals surface area contributed by atoms with Crippen LogP contribution in [0.1, 0.15) is 78.7 Å². The first kappa shape index (κ1) is 27.0. The molecule has 0 spiro atoms. The Morgan fingerprint density at radius 2 is 1.79 bits per heavy atom. The van der Waals surface area contributed by atoms with Gasteiger partial charge in [-0.2, -0.15) is 0 Å². The molecule has 1 unspecified atom stereocenters. The minimum Gasteiger partial charge on any atom is -0.488 e. The molecule has 9 heteroatoms. The van der Waals surface area contributed by atoms with Crippen LogP contribution in [0.25, 0.3) is 32.9 Å². The van der Waals surface area contributed by atoms with Crippen molar-refractivity contribution in [1.82, 2.24) is 14.9 Å². The van der Waals surface area contributed by atoms with Crippen molar-refractivity contribution in [2.24, 2.45) is 5.92 Å². The lowest BCUT2D eigenvalue weighted by molar-refractivity contribution is 0.00578. The van der Waals surface area contributed by atoms with E-state index in [9.17, 15) is 4.79 Å². The first-order valence-corrected chi connectivity index (χ1v) is 15.4. The molecule has 1 aromatic heterocycles. The molecule has 3 fully saturated rings. The van der Waals surface area contributed by atoms with Crippen molar-refractivity contribution in [2.75, 3.05) is 0 Å². The van der Waals surface area contributed by atoms with Crippen molar-refractivity contribution in [3.05, 3.63) is 53.9 Å². The molecule has 3 aliphatic heterocycles. The summed E-state index contributed by atoms with van der Waals surface area (Å²) >= 11 is 0. The van der Waals surface area contributed by atoms with Gasteiger partial charge in [0.2, 0.25) is 0 Å². The summed E-state index contributed by atoms with van der Waals surface area (Å²) < 4.78 is 24.7. The largest absolute Gasteiger partial charge is 0.494 e. The van der Waals surface area contributed by atoms with Crippen molar-refractivity contribution in [3.8, 4) is 16.9 Å². The Hall–Kier alpha value is -3.56. The molecule has 43 heavy (non-hydrogen) atoms. The second kappa shape index (κ2) is 8.76. The molecule has 8 rings (SSSR count). The van der Waals surface area contributed by atoms with Crippen LogP contribution in [0.3, 0.4) is 0 Å². The first-order valence-electron chi connectivity index (χ1n) is 15.4. The monoisotopic (exact) mass is 579 g/mol. The molecular formula is C34H38BN3O5. The normalized spacial score (nSPS) is 25.0. The lowest BCUT2D eigenvalue weighted by Gasteiger charge is -2.32. The quantitative estimate of drug-likeness (QED) is 0.268. The van der Waals surface area contributed by atoms with Crippen LogP contribution in [-0.2, 0) is 20.7 Å². The molecule has 4 heterocycles. The molecule has 4 aliphatic rings. The van der Waals surface area contributed by atoms with Gasteiger partial charge >= 0.3 is 13.2 Å². The number of imidazole rings is 1. The summed E-state index contributed by atoms with van der Waals surface area (Å²) in [5.74, 6) is 2.19. The van der Waals surface area contributed by atoms with Gasteiger partial charge in [-0.1, -0.05) is 24.3 Å². The number of piperidine rings is 1. The van der Waals surface area contributed by atoms with Crippen molar-refractivity contribution < 1.29 is 23.6 Å². The predicted octanol–water partition coefficient (Wildman–Crippen LogP) is 6.65. The Bertz CT molecular complexity index is 1810. The van der Waals surface area contributed by atoms with Gasteiger partial charge < -0.3 is 23.8 Å². The molecule has 1 N–H and O–H groups in total. The summed E-state index contributed by atoms with van der Waals surface area (Å²) in [5, 5.41) is 2.12. The summed E-state index contributed by atoms with van der Waals surface area (Å²) in [7, 11) is -0.410. The van der Waals surface area contributed by atoms with Crippen LogP contribution in [0.5, 0.6) is 5.75 Å². The van der Waals surface area contributed by atoms with Gasteiger partial charge in [-0.15, -0.1) is 0 Å². The molecule has 0 bridgehead atoms.